The molecule has 0 aliphatic carbocycles. The molecule has 0 aliphatic heterocycles. The number of ether oxygens (including phenoxy) is 1. The van der Waals surface area contributed by atoms with Crippen LogP contribution in [0.2, 0.25) is 5.02 Å². The van der Waals surface area contributed by atoms with Crippen molar-refractivity contribution in [1.82, 2.24) is 9.78 Å². The van der Waals surface area contributed by atoms with Crippen LogP contribution in [0.3, 0.4) is 0 Å². The first kappa shape index (κ1) is 19.8. The van der Waals surface area contributed by atoms with E-state index in [0.717, 1.165) is 11.3 Å². The number of anilines is 1. The molecule has 0 saturated heterocycles. The van der Waals surface area contributed by atoms with Crippen molar-refractivity contribution in [3.05, 3.63) is 76.1 Å². The van der Waals surface area contributed by atoms with Crippen molar-refractivity contribution in [3.63, 3.8) is 0 Å². The van der Waals surface area contributed by atoms with Gasteiger partial charge >= 0.3 is 6.61 Å². The number of hydrogen-bond donors (Lipinski definition) is 1. The maximum atomic E-state index is 12.5. The van der Waals surface area contributed by atoms with Gasteiger partial charge in [-0.1, -0.05) is 23.7 Å². The molecule has 0 saturated carbocycles. The molecule has 3 rings (SSSR count). The summed E-state index contributed by atoms with van der Waals surface area (Å²) in [5.41, 5.74) is 3.39. The van der Waals surface area contributed by atoms with E-state index in [9.17, 15) is 13.6 Å². The van der Waals surface area contributed by atoms with Gasteiger partial charge in [-0.05, 0) is 55.8 Å². The third-order valence-electron chi connectivity index (χ3n) is 4.18. The summed E-state index contributed by atoms with van der Waals surface area (Å²) in [6.07, 6.45) is 0. The van der Waals surface area contributed by atoms with Crippen molar-refractivity contribution in [2.75, 3.05) is 5.32 Å². The molecule has 0 bridgehead atoms. The van der Waals surface area contributed by atoms with Crippen LogP contribution in [0.4, 0.5) is 14.5 Å². The number of carbonyl (C=O) groups excluding carboxylic acids is 1. The second-order valence-corrected chi connectivity index (χ2v) is 6.63. The average Bonchev–Trinajstić information content (AvgIpc) is 2.89. The van der Waals surface area contributed by atoms with Crippen LogP contribution in [0.5, 0.6) is 5.75 Å². The van der Waals surface area contributed by atoms with Gasteiger partial charge in [0.15, 0.2) is 0 Å². The Morgan fingerprint density at radius 1 is 1.21 bits per heavy atom. The molecule has 0 fully saturated rings. The Labute approximate surface area is 165 Å². The predicted molar refractivity (Wildman–Crippen MR) is 103 cm³/mol. The molecular formula is C20H18ClF2N3O2. The molecule has 1 aromatic heterocycles. The Balaban J connectivity index is 1.75. The number of benzene rings is 2. The Kier molecular flexibility index (Phi) is 5.94. The second kappa shape index (κ2) is 8.39. The Morgan fingerprint density at radius 2 is 1.93 bits per heavy atom. The first-order valence-electron chi connectivity index (χ1n) is 8.48. The van der Waals surface area contributed by atoms with E-state index in [4.69, 9.17) is 11.6 Å². The quantitative estimate of drug-likeness (QED) is 0.624. The van der Waals surface area contributed by atoms with Crippen molar-refractivity contribution >= 4 is 23.2 Å². The van der Waals surface area contributed by atoms with Gasteiger partial charge in [-0.15, -0.1) is 0 Å². The maximum Gasteiger partial charge on any atom is 0.387 e. The van der Waals surface area contributed by atoms with E-state index in [1.807, 2.05) is 25.1 Å². The van der Waals surface area contributed by atoms with Crippen molar-refractivity contribution in [2.24, 2.45) is 0 Å². The molecule has 1 amide bonds. The van der Waals surface area contributed by atoms with Crippen LogP contribution >= 0.6 is 11.6 Å². The fourth-order valence-corrected chi connectivity index (χ4v) is 3.03. The lowest BCUT2D eigenvalue weighted by Gasteiger charge is -2.09. The minimum absolute atomic E-state index is 0.00625. The van der Waals surface area contributed by atoms with Crippen molar-refractivity contribution in [2.45, 2.75) is 27.0 Å². The van der Waals surface area contributed by atoms with Gasteiger partial charge in [0.05, 0.1) is 23.6 Å². The summed E-state index contributed by atoms with van der Waals surface area (Å²) >= 11 is 6.03. The fraction of sp³-hybridized carbons (Fsp3) is 0.200. The maximum absolute atomic E-state index is 12.5. The van der Waals surface area contributed by atoms with Gasteiger partial charge in [-0.2, -0.15) is 13.9 Å². The van der Waals surface area contributed by atoms with E-state index in [-0.39, 0.29) is 11.7 Å². The topological polar surface area (TPSA) is 56.2 Å². The number of hydrogen-bond acceptors (Lipinski definition) is 3. The van der Waals surface area contributed by atoms with Gasteiger partial charge < -0.3 is 10.1 Å². The SMILES string of the molecule is Cc1nn(Cc2cccc(Cl)c2)c(C)c1NC(=O)c1ccc(OC(F)F)cc1. The van der Waals surface area contributed by atoms with Crippen LogP contribution in [0, 0.1) is 13.8 Å². The largest absolute Gasteiger partial charge is 0.435 e. The number of nitrogens with zero attached hydrogens (tertiary/aromatic N) is 2. The predicted octanol–water partition coefficient (Wildman–Crippen LogP) is 5.06. The van der Waals surface area contributed by atoms with Gasteiger partial charge in [0.2, 0.25) is 0 Å². The van der Waals surface area contributed by atoms with E-state index in [1.54, 1.807) is 17.7 Å². The Bertz CT molecular complexity index is 988. The number of carbonyl (C=O) groups is 1. The summed E-state index contributed by atoms with van der Waals surface area (Å²) in [6, 6.07) is 13.0. The average molecular weight is 406 g/mol. The van der Waals surface area contributed by atoms with Crippen molar-refractivity contribution < 1.29 is 18.3 Å². The molecule has 5 nitrogen and oxygen atoms in total. The van der Waals surface area contributed by atoms with Gasteiger partial charge in [0.1, 0.15) is 5.75 Å². The van der Waals surface area contributed by atoms with E-state index < -0.39 is 6.61 Å². The molecule has 0 unspecified atom stereocenters. The lowest BCUT2D eigenvalue weighted by atomic mass is 10.2. The molecule has 0 aliphatic rings. The van der Waals surface area contributed by atoms with Crippen LogP contribution in [-0.4, -0.2) is 22.3 Å². The standard InChI is InChI=1S/C20H18ClF2N3O2/c1-12-18(13(2)26(25-12)11-14-4-3-5-16(21)10-14)24-19(27)15-6-8-17(9-7-15)28-20(22)23/h3-10,20H,11H2,1-2H3,(H,24,27). The summed E-state index contributed by atoms with van der Waals surface area (Å²) in [4.78, 5) is 12.5. The smallest absolute Gasteiger partial charge is 0.387 e. The normalized spacial score (nSPS) is 10.9. The first-order valence-corrected chi connectivity index (χ1v) is 8.86. The molecular weight excluding hydrogens is 388 g/mol. The van der Waals surface area contributed by atoms with E-state index >= 15 is 0 Å². The fourth-order valence-electron chi connectivity index (χ4n) is 2.81. The van der Waals surface area contributed by atoms with Crippen LogP contribution in [0.15, 0.2) is 48.5 Å². The summed E-state index contributed by atoms with van der Waals surface area (Å²) in [5.74, 6) is -0.370. The van der Waals surface area contributed by atoms with Crippen molar-refractivity contribution in [3.8, 4) is 5.75 Å². The molecule has 146 valence electrons. The van der Waals surface area contributed by atoms with E-state index in [1.165, 1.54) is 24.3 Å². The number of halogens is 3. The molecule has 0 spiro atoms. The zero-order chi connectivity index (χ0) is 20.3. The van der Waals surface area contributed by atoms with E-state index in [0.29, 0.717) is 28.5 Å². The number of rotatable bonds is 6. The minimum Gasteiger partial charge on any atom is -0.435 e. The summed E-state index contributed by atoms with van der Waals surface area (Å²) in [5, 5.41) is 7.96. The second-order valence-electron chi connectivity index (χ2n) is 6.19. The van der Waals surface area contributed by atoms with Crippen LogP contribution < -0.4 is 10.1 Å². The molecule has 0 radical (unpaired) electrons. The molecule has 3 aromatic rings. The molecule has 1 N–H and O–H groups in total. The number of nitrogens with one attached hydrogen (secondary N) is 1. The molecule has 0 atom stereocenters. The lowest BCUT2D eigenvalue weighted by Crippen LogP contribution is -2.13. The third-order valence-corrected chi connectivity index (χ3v) is 4.42. The molecule has 2 aromatic carbocycles. The molecule has 1 heterocycles. The third kappa shape index (κ3) is 4.67. The Hall–Kier alpha value is -2.93. The first-order chi connectivity index (χ1) is 13.3. The number of aromatic nitrogens is 2. The van der Waals surface area contributed by atoms with Crippen LogP contribution in [-0.2, 0) is 6.54 Å². The highest BCUT2D eigenvalue weighted by molar-refractivity contribution is 6.30. The zero-order valence-corrected chi connectivity index (χ0v) is 16.0. The number of amides is 1. The lowest BCUT2D eigenvalue weighted by molar-refractivity contribution is -0.0498. The number of alkyl halides is 2. The summed E-state index contributed by atoms with van der Waals surface area (Å²) in [7, 11) is 0. The number of aryl methyl sites for hydroxylation is 1. The van der Waals surface area contributed by atoms with E-state index in [2.05, 4.69) is 15.2 Å². The molecule has 8 heteroatoms. The van der Waals surface area contributed by atoms with Crippen LogP contribution in [0.25, 0.3) is 0 Å². The van der Waals surface area contributed by atoms with Crippen LogP contribution in [0.1, 0.15) is 27.3 Å². The highest BCUT2D eigenvalue weighted by Crippen LogP contribution is 2.23. The monoisotopic (exact) mass is 405 g/mol. The highest BCUT2D eigenvalue weighted by Gasteiger charge is 2.16. The van der Waals surface area contributed by atoms with Gasteiger partial charge in [-0.3, -0.25) is 9.48 Å². The zero-order valence-electron chi connectivity index (χ0n) is 15.2. The Morgan fingerprint density at radius 3 is 2.57 bits per heavy atom. The van der Waals surface area contributed by atoms with Gasteiger partial charge in [-0.25, -0.2) is 0 Å². The van der Waals surface area contributed by atoms with Gasteiger partial charge in [0, 0.05) is 10.6 Å². The minimum atomic E-state index is -2.91. The molecule has 28 heavy (non-hydrogen) atoms. The van der Waals surface area contributed by atoms with Gasteiger partial charge in [0.25, 0.3) is 5.91 Å². The van der Waals surface area contributed by atoms with Crippen molar-refractivity contribution in [1.29, 1.82) is 0 Å². The summed E-state index contributed by atoms with van der Waals surface area (Å²) < 4.78 is 30.5. The summed E-state index contributed by atoms with van der Waals surface area (Å²) in [6.45, 7) is 1.27. The highest BCUT2D eigenvalue weighted by atomic mass is 35.5.